The second-order valence-electron chi connectivity index (χ2n) is 13.3. The van der Waals surface area contributed by atoms with Gasteiger partial charge in [-0.3, -0.25) is 9.59 Å². The van der Waals surface area contributed by atoms with Gasteiger partial charge in [0.25, 0.3) is 5.91 Å². The number of aliphatic hydroxyl groups excluding tert-OH is 2. The highest BCUT2D eigenvalue weighted by atomic mass is 79.9. The summed E-state index contributed by atoms with van der Waals surface area (Å²) in [5.41, 5.74) is 0.414. The molecular formula is C37H53Br4N3O8. The maximum Gasteiger partial charge on any atom is 0.311 e. The average molecular weight is 987 g/mol. The Morgan fingerprint density at radius 1 is 1.00 bits per heavy atom. The lowest BCUT2D eigenvalue weighted by Crippen LogP contribution is -2.49. The molecule has 3 rings (SSSR count). The van der Waals surface area contributed by atoms with Gasteiger partial charge in [-0.2, -0.15) is 0 Å². The molecule has 1 aromatic rings. The number of hydrogen-bond acceptors (Lipinski definition) is 9. The number of methoxy groups -OCH3 is 1. The van der Waals surface area contributed by atoms with Gasteiger partial charge in [0.15, 0.2) is 11.8 Å². The molecule has 0 aliphatic carbocycles. The molecule has 0 saturated carbocycles. The fourth-order valence-electron chi connectivity index (χ4n) is 5.78. The second kappa shape index (κ2) is 23.3. The summed E-state index contributed by atoms with van der Waals surface area (Å²) in [6, 6.07) is 3.51. The van der Waals surface area contributed by atoms with Crippen molar-refractivity contribution in [2.75, 3.05) is 26.8 Å². The van der Waals surface area contributed by atoms with E-state index in [1.165, 1.54) is 64.7 Å². The van der Waals surface area contributed by atoms with E-state index in [1.54, 1.807) is 12.1 Å². The molecule has 4 atom stereocenters. The molecule has 2 aliphatic rings. The number of rotatable bonds is 23. The third-order valence-electron chi connectivity index (χ3n) is 9.19. The summed E-state index contributed by atoms with van der Waals surface area (Å²) >= 11 is 13.8. The maximum atomic E-state index is 12.8. The van der Waals surface area contributed by atoms with E-state index in [0.717, 1.165) is 25.2 Å². The van der Waals surface area contributed by atoms with Crippen LogP contribution < -0.4 is 15.4 Å². The summed E-state index contributed by atoms with van der Waals surface area (Å²) in [5, 5.41) is 31.0. The molecule has 1 spiro atoms. The highest BCUT2D eigenvalue weighted by molar-refractivity contribution is 9.12. The molecule has 52 heavy (non-hydrogen) atoms. The molecule has 0 fully saturated rings. The Bertz CT molecular complexity index is 1400. The lowest BCUT2D eigenvalue weighted by atomic mass is 9.99. The topological polar surface area (TPSA) is 148 Å². The number of hydrogen-bond donors (Lipinski definition) is 4. The van der Waals surface area contributed by atoms with Gasteiger partial charge in [0.05, 0.1) is 39.7 Å². The molecule has 2 amide bonds. The zero-order chi connectivity index (χ0) is 38.1. The second-order valence-corrected chi connectivity index (χ2v) is 16.8. The summed E-state index contributed by atoms with van der Waals surface area (Å²) in [6.07, 6.45) is 13.5. The quantitative estimate of drug-likeness (QED) is 0.0796. The molecule has 0 saturated heterocycles. The lowest BCUT2D eigenvalue weighted by molar-refractivity contribution is -0.225. The zero-order valence-corrected chi connectivity index (χ0v) is 36.6. The van der Waals surface area contributed by atoms with Gasteiger partial charge in [-0.15, -0.1) is 0 Å². The van der Waals surface area contributed by atoms with Crippen molar-refractivity contribution in [3.63, 3.8) is 0 Å². The fraction of sp³-hybridized carbons (Fsp3) is 0.649. The van der Waals surface area contributed by atoms with Crippen LogP contribution in [0.25, 0.3) is 0 Å². The highest BCUT2D eigenvalue weighted by Gasteiger charge is 2.54. The summed E-state index contributed by atoms with van der Waals surface area (Å²) in [4.78, 5) is 30.6. The van der Waals surface area contributed by atoms with Crippen molar-refractivity contribution >= 4 is 81.2 Å². The van der Waals surface area contributed by atoms with E-state index in [9.17, 15) is 19.8 Å². The van der Waals surface area contributed by atoms with E-state index in [-0.39, 0.29) is 37.7 Å². The van der Waals surface area contributed by atoms with Crippen LogP contribution in [0.5, 0.6) is 5.75 Å². The Morgan fingerprint density at radius 2 is 1.63 bits per heavy atom. The van der Waals surface area contributed by atoms with E-state index in [2.05, 4.69) is 93.4 Å². The van der Waals surface area contributed by atoms with Crippen molar-refractivity contribution < 1.29 is 38.9 Å². The van der Waals surface area contributed by atoms with Gasteiger partial charge >= 0.3 is 5.79 Å². The van der Waals surface area contributed by atoms with Gasteiger partial charge in [0.2, 0.25) is 5.91 Å². The van der Waals surface area contributed by atoms with E-state index in [1.807, 2.05) is 0 Å². The van der Waals surface area contributed by atoms with Gasteiger partial charge in [0.1, 0.15) is 17.8 Å². The third kappa shape index (κ3) is 13.9. The van der Waals surface area contributed by atoms with Crippen molar-refractivity contribution in [1.29, 1.82) is 0 Å². The predicted octanol–water partition coefficient (Wildman–Crippen LogP) is 8.94. The van der Waals surface area contributed by atoms with Crippen molar-refractivity contribution in [2.45, 2.75) is 122 Å². The molecule has 0 bridgehead atoms. The van der Waals surface area contributed by atoms with Gasteiger partial charge < -0.3 is 39.9 Å². The van der Waals surface area contributed by atoms with Crippen LogP contribution in [-0.4, -0.2) is 66.4 Å². The molecule has 0 radical (unpaired) electrons. The molecule has 292 valence electrons. The molecule has 15 heteroatoms. The van der Waals surface area contributed by atoms with Crippen LogP contribution in [0.3, 0.4) is 0 Å². The monoisotopic (exact) mass is 983 g/mol. The van der Waals surface area contributed by atoms with Crippen molar-refractivity contribution in [2.24, 2.45) is 11.1 Å². The van der Waals surface area contributed by atoms with Crippen molar-refractivity contribution in [1.82, 2.24) is 10.6 Å². The van der Waals surface area contributed by atoms with Crippen LogP contribution in [-0.2, 0) is 23.9 Å². The Morgan fingerprint density at radius 3 is 2.27 bits per heavy atom. The lowest BCUT2D eigenvalue weighted by Gasteiger charge is -2.27. The number of amides is 2. The van der Waals surface area contributed by atoms with Crippen LogP contribution in [0.4, 0.5) is 0 Å². The number of carbonyl (C=O) groups is 2. The Labute approximate surface area is 341 Å². The number of aliphatic hydroxyl groups is 2. The number of ether oxygens (including phenoxy) is 3. The van der Waals surface area contributed by atoms with E-state index >= 15 is 0 Å². The first kappa shape index (κ1) is 44.7. The SMILES string of the molecule is CC[C@H](C)CCCCCCCCCCCC(=O)NC[C@H](O)c1cc(Br)c(OCCCNC(=O)C2=NO[C@@]3(CC(Br)=C(OC)C(Br)=CO3)[C@H]2O)c(Br)c1. The van der Waals surface area contributed by atoms with Gasteiger partial charge in [-0.25, -0.2) is 0 Å². The summed E-state index contributed by atoms with van der Waals surface area (Å²) < 4.78 is 19.3. The molecule has 0 unspecified atom stereocenters. The zero-order valence-electron chi connectivity index (χ0n) is 30.3. The van der Waals surface area contributed by atoms with Gasteiger partial charge in [-0.05, 0) is 84.2 Å². The number of allylic oxidation sites excluding steroid dienone is 1. The van der Waals surface area contributed by atoms with Gasteiger partial charge in [0, 0.05) is 24.0 Å². The van der Waals surface area contributed by atoms with Crippen LogP contribution in [0.1, 0.15) is 115 Å². The number of unbranched alkanes of at least 4 members (excludes halogenated alkanes) is 8. The van der Waals surface area contributed by atoms with Crippen molar-refractivity contribution in [3.8, 4) is 5.75 Å². The number of oxime groups is 1. The summed E-state index contributed by atoms with van der Waals surface area (Å²) in [6.45, 7) is 5.22. The van der Waals surface area contributed by atoms with E-state index in [0.29, 0.717) is 47.8 Å². The third-order valence-corrected chi connectivity index (χ3v) is 11.6. The standard InChI is InChI=1S/C37H53Br4N3O8/c1-4-24(2)15-12-10-8-6-5-7-9-11-13-16-31(46)43-22-30(45)25-19-26(38)34(27(39)20-25)50-18-14-17-42-36(48)32-35(47)37(52-44-32)21-28(40)33(49-3)29(41)23-51-37/h19-20,23-24,30,35,45,47H,4-18,21-22H2,1-3H3,(H,42,48)(H,43,46)/t24-,30-,35-,37-/m0/s1. The highest BCUT2D eigenvalue weighted by Crippen LogP contribution is 2.41. The minimum Gasteiger partial charge on any atom is -0.495 e. The normalized spacial score (nSPS) is 19.6. The van der Waals surface area contributed by atoms with Crippen LogP contribution in [0.15, 0.2) is 47.2 Å². The first-order valence-corrected chi connectivity index (χ1v) is 21.3. The number of carbonyl (C=O) groups excluding carboxylic acids is 2. The molecule has 4 N–H and O–H groups in total. The minimum atomic E-state index is -1.62. The average Bonchev–Trinajstić information content (AvgIpc) is 3.37. The number of nitrogens with one attached hydrogen (secondary N) is 2. The van der Waals surface area contributed by atoms with E-state index < -0.39 is 23.9 Å². The number of benzene rings is 1. The summed E-state index contributed by atoms with van der Waals surface area (Å²) in [5.74, 6) is -0.412. The Balaban J connectivity index is 1.30. The number of halogens is 4. The molecule has 2 heterocycles. The molecule has 2 aliphatic heterocycles. The largest absolute Gasteiger partial charge is 0.495 e. The minimum absolute atomic E-state index is 0.0461. The first-order chi connectivity index (χ1) is 24.9. The molecule has 0 aromatic heterocycles. The molecular weight excluding hydrogens is 934 g/mol. The van der Waals surface area contributed by atoms with E-state index in [4.69, 9.17) is 19.0 Å². The summed E-state index contributed by atoms with van der Waals surface area (Å²) in [7, 11) is 1.50. The van der Waals surface area contributed by atoms with Crippen LogP contribution in [0, 0.1) is 5.92 Å². The predicted molar refractivity (Wildman–Crippen MR) is 216 cm³/mol. The maximum absolute atomic E-state index is 12.8. The Hall–Kier alpha value is -1.65. The number of nitrogens with zero attached hydrogens (tertiary/aromatic N) is 1. The smallest absolute Gasteiger partial charge is 0.311 e. The molecule has 11 nitrogen and oxygen atoms in total. The fourth-order valence-corrected chi connectivity index (χ4v) is 8.76. The van der Waals surface area contributed by atoms with Gasteiger partial charge in [-0.1, -0.05) is 99.1 Å². The van der Waals surface area contributed by atoms with Crippen LogP contribution >= 0.6 is 63.7 Å². The van der Waals surface area contributed by atoms with Crippen molar-refractivity contribution in [3.05, 3.63) is 47.6 Å². The molecule has 1 aromatic carbocycles. The first-order valence-electron chi connectivity index (χ1n) is 18.2. The Kier molecular flexibility index (Phi) is 20.1. The van der Waals surface area contributed by atoms with Crippen LogP contribution in [0.2, 0.25) is 0 Å².